The number of hydrogen-bond donors (Lipinski definition) is 1. The number of alkyl halides is 2. The highest BCUT2D eigenvalue weighted by Crippen LogP contribution is 2.27. The van der Waals surface area contributed by atoms with Gasteiger partial charge in [0, 0.05) is 6.54 Å². The first kappa shape index (κ1) is 14.2. The van der Waals surface area contributed by atoms with Gasteiger partial charge in [-0.1, -0.05) is 12.1 Å². The number of methoxy groups -OCH3 is 1. The summed E-state index contributed by atoms with van der Waals surface area (Å²) in [5, 5.41) is 9.38. The van der Waals surface area contributed by atoms with Crippen molar-refractivity contribution in [2.45, 2.75) is 31.4 Å². The minimum absolute atomic E-state index is 0.159. The molecule has 1 fully saturated rings. The Balaban J connectivity index is 2.01. The Bertz CT molecular complexity index is 408. The molecule has 19 heavy (non-hydrogen) atoms. The van der Waals surface area contributed by atoms with E-state index in [2.05, 4.69) is 0 Å². The molecular weight excluding hydrogens is 252 g/mol. The Morgan fingerprint density at radius 1 is 1.37 bits per heavy atom. The second-order valence-corrected chi connectivity index (χ2v) is 4.98. The molecule has 1 aliphatic rings. The van der Waals surface area contributed by atoms with Gasteiger partial charge in [-0.05, 0) is 37.1 Å². The van der Waals surface area contributed by atoms with E-state index in [0.29, 0.717) is 19.5 Å². The molecule has 0 aliphatic carbocycles. The Morgan fingerprint density at radius 3 is 2.68 bits per heavy atom. The quantitative estimate of drug-likeness (QED) is 0.915. The molecule has 0 aromatic heterocycles. The van der Waals surface area contributed by atoms with Gasteiger partial charge in [0.05, 0.1) is 13.7 Å². The van der Waals surface area contributed by atoms with Crippen LogP contribution in [0.3, 0.4) is 0 Å². The van der Waals surface area contributed by atoms with Crippen LogP contribution in [0.4, 0.5) is 8.78 Å². The van der Waals surface area contributed by atoms with E-state index in [4.69, 9.17) is 4.74 Å². The number of nitrogens with zero attached hydrogens (tertiary/aromatic N) is 1. The van der Waals surface area contributed by atoms with Crippen molar-refractivity contribution < 1.29 is 18.6 Å². The zero-order valence-corrected chi connectivity index (χ0v) is 11.0. The first-order valence-corrected chi connectivity index (χ1v) is 6.42. The summed E-state index contributed by atoms with van der Waals surface area (Å²) in [4.78, 5) is 1.69. The zero-order valence-electron chi connectivity index (χ0n) is 11.0. The van der Waals surface area contributed by atoms with Crippen LogP contribution in [-0.4, -0.2) is 42.2 Å². The number of halogens is 2. The van der Waals surface area contributed by atoms with Gasteiger partial charge >= 0.3 is 0 Å². The van der Waals surface area contributed by atoms with Crippen molar-refractivity contribution in [3.05, 3.63) is 29.8 Å². The lowest BCUT2D eigenvalue weighted by atomic mass is 10.1. The normalized spacial score (nSPS) is 23.9. The molecule has 0 spiro atoms. The average molecular weight is 271 g/mol. The summed E-state index contributed by atoms with van der Waals surface area (Å²) >= 11 is 0. The molecule has 0 bridgehead atoms. The SMILES string of the molecule is COc1ccc(CN2CCCC(O)C(F)(F)C2)cc1. The summed E-state index contributed by atoms with van der Waals surface area (Å²) < 4.78 is 32.3. The number of aliphatic hydroxyl groups is 1. The van der Waals surface area contributed by atoms with Gasteiger partial charge < -0.3 is 9.84 Å². The largest absolute Gasteiger partial charge is 0.497 e. The van der Waals surface area contributed by atoms with Gasteiger partial charge in [-0.3, -0.25) is 4.90 Å². The van der Waals surface area contributed by atoms with Crippen molar-refractivity contribution in [1.29, 1.82) is 0 Å². The lowest BCUT2D eigenvalue weighted by Gasteiger charge is -2.25. The summed E-state index contributed by atoms with van der Waals surface area (Å²) in [6.45, 7) is 0.658. The molecule has 1 heterocycles. The van der Waals surface area contributed by atoms with Crippen LogP contribution in [0.15, 0.2) is 24.3 Å². The molecule has 2 rings (SSSR count). The Labute approximate surface area is 111 Å². The molecule has 1 saturated heterocycles. The molecular formula is C14H19F2NO2. The second-order valence-electron chi connectivity index (χ2n) is 4.98. The van der Waals surface area contributed by atoms with Crippen LogP contribution in [0, 0.1) is 0 Å². The summed E-state index contributed by atoms with van der Waals surface area (Å²) in [5.41, 5.74) is 0.966. The van der Waals surface area contributed by atoms with E-state index in [-0.39, 0.29) is 13.0 Å². The predicted octanol–water partition coefficient (Wildman–Crippen LogP) is 2.29. The van der Waals surface area contributed by atoms with Crippen molar-refractivity contribution in [3.8, 4) is 5.75 Å². The maximum absolute atomic E-state index is 13.6. The van der Waals surface area contributed by atoms with Gasteiger partial charge in [0.25, 0.3) is 5.92 Å². The third-order valence-electron chi connectivity index (χ3n) is 3.44. The summed E-state index contributed by atoms with van der Waals surface area (Å²) in [6.07, 6.45) is -0.771. The van der Waals surface area contributed by atoms with Gasteiger partial charge in [-0.15, -0.1) is 0 Å². The van der Waals surface area contributed by atoms with E-state index in [9.17, 15) is 13.9 Å². The molecule has 5 heteroatoms. The van der Waals surface area contributed by atoms with Crippen LogP contribution >= 0.6 is 0 Å². The fourth-order valence-corrected chi connectivity index (χ4v) is 2.33. The molecule has 1 atom stereocenters. The minimum atomic E-state index is -3.02. The highest BCUT2D eigenvalue weighted by molar-refractivity contribution is 5.27. The summed E-state index contributed by atoms with van der Waals surface area (Å²) in [6, 6.07) is 7.39. The molecule has 1 aromatic carbocycles. The highest BCUT2D eigenvalue weighted by Gasteiger charge is 2.41. The van der Waals surface area contributed by atoms with Crippen LogP contribution in [0.5, 0.6) is 5.75 Å². The van der Waals surface area contributed by atoms with Crippen LogP contribution in [0.25, 0.3) is 0 Å². The smallest absolute Gasteiger partial charge is 0.285 e. The summed E-state index contributed by atoms with van der Waals surface area (Å²) in [5.74, 6) is -2.27. The van der Waals surface area contributed by atoms with Crippen LogP contribution in [0.1, 0.15) is 18.4 Å². The first-order valence-electron chi connectivity index (χ1n) is 6.42. The van der Waals surface area contributed by atoms with E-state index in [1.54, 1.807) is 12.0 Å². The van der Waals surface area contributed by atoms with Gasteiger partial charge in [-0.2, -0.15) is 0 Å². The van der Waals surface area contributed by atoms with Crippen molar-refractivity contribution in [3.63, 3.8) is 0 Å². The van der Waals surface area contributed by atoms with Crippen molar-refractivity contribution >= 4 is 0 Å². The van der Waals surface area contributed by atoms with E-state index in [1.807, 2.05) is 24.3 Å². The van der Waals surface area contributed by atoms with Crippen molar-refractivity contribution in [2.24, 2.45) is 0 Å². The van der Waals surface area contributed by atoms with Crippen molar-refractivity contribution in [2.75, 3.05) is 20.2 Å². The first-order chi connectivity index (χ1) is 9.01. The fraction of sp³-hybridized carbons (Fsp3) is 0.571. The van der Waals surface area contributed by atoms with Gasteiger partial charge in [0.15, 0.2) is 0 Å². The standard InChI is InChI=1S/C14H19F2NO2/c1-19-12-6-4-11(5-7-12)9-17-8-2-3-13(18)14(15,16)10-17/h4-7,13,18H,2-3,8-10H2,1H3. The van der Waals surface area contributed by atoms with E-state index in [1.165, 1.54) is 0 Å². The monoisotopic (exact) mass is 271 g/mol. The molecule has 0 radical (unpaired) electrons. The minimum Gasteiger partial charge on any atom is -0.497 e. The van der Waals surface area contributed by atoms with Crippen LogP contribution in [-0.2, 0) is 6.54 Å². The van der Waals surface area contributed by atoms with E-state index in [0.717, 1.165) is 11.3 Å². The second kappa shape index (κ2) is 5.84. The molecule has 1 N–H and O–H groups in total. The Hall–Kier alpha value is -1.20. The van der Waals surface area contributed by atoms with E-state index < -0.39 is 12.0 Å². The zero-order chi connectivity index (χ0) is 13.9. The number of likely N-dealkylation sites (tertiary alicyclic amines) is 1. The summed E-state index contributed by atoms with van der Waals surface area (Å²) in [7, 11) is 1.59. The third-order valence-corrected chi connectivity index (χ3v) is 3.44. The van der Waals surface area contributed by atoms with Gasteiger partial charge in [-0.25, -0.2) is 8.78 Å². The fourth-order valence-electron chi connectivity index (χ4n) is 2.33. The van der Waals surface area contributed by atoms with Crippen LogP contribution in [0.2, 0.25) is 0 Å². The van der Waals surface area contributed by atoms with Crippen LogP contribution < -0.4 is 4.74 Å². The number of benzene rings is 1. The predicted molar refractivity (Wildman–Crippen MR) is 68.5 cm³/mol. The molecule has 1 unspecified atom stereocenters. The molecule has 1 aliphatic heterocycles. The lowest BCUT2D eigenvalue weighted by Crippen LogP contribution is -2.41. The lowest BCUT2D eigenvalue weighted by molar-refractivity contribution is -0.117. The number of aliphatic hydroxyl groups excluding tert-OH is 1. The Kier molecular flexibility index (Phi) is 4.37. The van der Waals surface area contributed by atoms with Gasteiger partial charge in [0.2, 0.25) is 0 Å². The molecule has 0 saturated carbocycles. The van der Waals surface area contributed by atoms with Gasteiger partial charge in [0.1, 0.15) is 11.9 Å². The highest BCUT2D eigenvalue weighted by atomic mass is 19.3. The topological polar surface area (TPSA) is 32.7 Å². The number of hydrogen-bond acceptors (Lipinski definition) is 3. The van der Waals surface area contributed by atoms with Crippen molar-refractivity contribution in [1.82, 2.24) is 4.90 Å². The average Bonchev–Trinajstić information content (AvgIpc) is 2.50. The number of ether oxygens (including phenoxy) is 1. The molecule has 1 aromatic rings. The maximum atomic E-state index is 13.6. The third kappa shape index (κ3) is 3.64. The van der Waals surface area contributed by atoms with E-state index >= 15 is 0 Å². The number of rotatable bonds is 3. The maximum Gasteiger partial charge on any atom is 0.285 e. The molecule has 106 valence electrons. The Morgan fingerprint density at radius 2 is 2.05 bits per heavy atom. The molecule has 3 nitrogen and oxygen atoms in total. The molecule has 0 amide bonds.